The maximum atomic E-state index is 11.0. The zero-order chi connectivity index (χ0) is 19.7. The molecule has 0 bridgehead atoms. The molecule has 1 unspecified atom stereocenters. The second kappa shape index (κ2) is 9.56. The Balaban J connectivity index is 0.000000260. The molecule has 0 spiro atoms. The third kappa shape index (κ3) is 7.34. The molecule has 26 heavy (non-hydrogen) atoms. The minimum absolute atomic E-state index is 0.435. The van der Waals surface area contributed by atoms with Crippen molar-refractivity contribution >= 4 is 17.8 Å². The highest BCUT2D eigenvalue weighted by Crippen LogP contribution is 2.19. The number of carbonyl (C=O) groups is 2. The number of aromatic nitrogens is 2. The van der Waals surface area contributed by atoms with Crippen molar-refractivity contribution in [3.63, 3.8) is 0 Å². The monoisotopic (exact) mass is 362 g/mol. The Labute approximate surface area is 153 Å². The standard InChI is InChI=1S/C9H10N4.C8H16N2O3/c10-7-8-9(12-4-3-11-8)13-5-1-2-6-13;1-5(6(9)11)10-7(12)13-8(2,3)4/h3-4H,1-2,5-6H2;5H,1-4H3,(H2,9,11)(H,10,12). The molecule has 1 atom stereocenters. The Bertz CT molecular complexity index is 659. The van der Waals surface area contributed by atoms with Crippen LogP contribution in [0, 0.1) is 11.3 Å². The molecule has 142 valence electrons. The van der Waals surface area contributed by atoms with Crippen LogP contribution < -0.4 is 16.0 Å². The molecule has 2 amide bonds. The van der Waals surface area contributed by atoms with Crippen LogP contribution in [0.15, 0.2) is 12.4 Å². The van der Waals surface area contributed by atoms with Gasteiger partial charge < -0.3 is 20.7 Å². The largest absolute Gasteiger partial charge is 0.444 e. The topological polar surface area (TPSA) is 134 Å². The predicted molar refractivity (Wildman–Crippen MR) is 96.2 cm³/mol. The summed E-state index contributed by atoms with van der Waals surface area (Å²) < 4.78 is 4.90. The molecule has 1 aromatic heterocycles. The number of hydrogen-bond acceptors (Lipinski definition) is 7. The zero-order valence-corrected chi connectivity index (χ0v) is 15.7. The number of primary amides is 1. The van der Waals surface area contributed by atoms with Crippen LogP contribution in [0.2, 0.25) is 0 Å². The van der Waals surface area contributed by atoms with E-state index in [2.05, 4.69) is 26.3 Å². The van der Waals surface area contributed by atoms with Crippen LogP contribution in [-0.4, -0.2) is 46.7 Å². The fourth-order valence-corrected chi connectivity index (χ4v) is 2.13. The molecule has 3 N–H and O–H groups in total. The summed E-state index contributed by atoms with van der Waals surface area (Å²) in [7, 11) is 0. The summed E-state index contributed by atoms with van der Waals surface area (Å²) in [5, 5.41) is 11.1. The molecule has 1 fully saturated rings. The van der Waals surface area contributed by atoms with Crippen LogP contribution in [0.5, 0.6) is 0 Å². The number of anilines is 1. The van der Waals surface area contributed by atoms with Gasteiger partial charge in [0.2, 0.25) is 5.91 Å². The van der Waals surface area contributed by atoms with E-state index in [0.717, 1.165) is 18.9 Å². The summed E-state index contributed by atoms with van der Waals surface area (Å²) in [6, 6.07) is 1.34. The van der Waals surface area contributed by atoms with E-state index in [1.165, 1.54) is 19.8 Å². The quantitative estimate of drug-likeness (QED) is 0.828. The summed E-state index contributed by atoms with van der Waals surface area (Å²) in [6.45, 7) is 8.69. The third-order valence-corrected chi connectivity index (χ3v) is 3.35. The fourth-order valence-electron chi connectivity index (χ4n) is 2.13. The van der Waals surface area contributed by atoms with E-state index in [9.17, 15) is 9.59 Å². The molecule has 0 aliphatic carbocycles. The molecular weight excluding hydrogens is 336 g/mol. The third-order valence-electron chi connectivity index (χ3n) is 3.35. The van der Waals surface area contributed by atoms with Crippen molar-refractivity contribution in [2.75, 3.05) is 18.0 Å². The van der Waals surface area contributed by atoms with E-state index in [1.54, 1.807) is 33.2 Å². The van der Waals surface area contributed by atoms with Crippen LogP contribution in [0.1, 0.15) is 46.2 Å². The van der Waals surface area contributed by atoms with Gasteiger partial charge in [-0.1, -0.05) is 0 Å². The van der Waals surface area contributed by atoms with Gasteiger partial charge in [0.15, 0.2) is 11.5 Å². The first kappa shape index (κ1) is 21.2. The summed E-state index contributed by atoms with van der Waals surface area (Å²) in [5.74, 6) is 0.147. The predicted octanol–water partition coefficient (Wildman–Crippen LogP) is 1.33. The van der Waals surface area contributed by atoms with Gasteiger partial charge in [-0.15, -0.1) is 0 Å². The molecule has 1 aromatic rings. The van der Waals surface area contributed by atoms with Gasteiger partial charge in [-0.3, -0.25) is 4.79 Å². The lowest BCUT2D eigenvalue weighted by atomic mass is 10.2. The molecule has 0 aromatic carbocycles. The normalized spacial score (nSPS) is 14.5. The van der Waals surface area contributed by atoms with Gasteiger partial charge in [-0.2, -0.15) is 5.26 Å². The summed E-state index contributed by atoms with van der Waals surface area (Å²) in [5.41, 5.74) is 4.81. The number of nitrogens with zero attached hydrogens (tertiary/aromatic N) is 4. The molecule has 9 heteroatoms. The smallest absolute Gasteiger partial charge is 0.408 e. The Morgan fingerprint density at radius 2 is 1.88 bits per heavy atom. The number of ether oxygens (including phenoxy) is 1. The molecular formula is C17H26N6O3. The molecule has 0 saturated carbocycles. The van der Waals surface area contributed by atoms with Gasteiger partial charge in [0.25, 0.3) is 0 Å². The van der Waals surface area contributed by atoms with E-state index in [1.807, 2.05) is 0 Å². The first-order chi connectivity index (χ1) is 12.1. The lowest BCUT2D eigenvalue weighted by Gasteiger charge is -2.20. The van der Waals surface area contributed by atoms with Crippen LogP contribution in [-0.2, 0) is 9.53 Å². The lowest BCUT2D eigenvalue weighted by molar-refractivity contribution is -0.119. The van der Waals surface area contributed by atoms with Crippen molar-refractivity contribution in [2.45, 2.75) is 52.2 Å². The molecule has 1 aliphatic heterocycles. The van der Waals surface area contributed by atoms with Gasteiger partial charge in [0.05, 0.1) is 0 Å². The summed E-state index contributed by atoms with van der Waals surface area (Å²) >= 11 is 0. The molecule has 2 rings (SSSR count). The maximum Gasteiger partial charge on any atom is 0.408 e. The van der Waals surface area contributed by atoms with Crippen molar-refractivity contribution in [3.8, 4) is 6.07 Å². The van der Waals surface area contributed by atoms with Gasteiger partial charge in [-0.25, -0.2) is 14.8 Å². The van der Waals surface area contributed by atoms with Crippen molar-refractivity contribution in [3.05, 3.63) is 18.1 Å². The van der Waals surface area contributed by atoms with Gasteiger partial charge in [0.1, 0.15) is 17.7 Å². The second-order valence-electron chi connectivity index (χ2n) is 6.80. The average molecular weight is 362 g/mol. The van der Waals surface area contributed by atoms with E-state index in [4.69, 9.17) is 15.7 Å². The van der Waals surface area contributed by atoms with Crippen molar-refractivity contribution in [2.24, 2.45) is 5.73 Å². The summed E-state index contributed by atoms with van der Waals surface area (Å²) in [4.78, 5) is 31.9. The second-order valence-corrected chi connectivity index (χ2v) is 6.80. The first-order valence-electron chi connectivity index (χ1n) is 8.39. The van der Waals surface area contributed by atoms with Crippen molar-refractivity contribution < 1.29 is 14.3 Å². The van der Waals surface area contributed by atoms with E-state index in [0.29, 0.717) is 5.69 Å². The molecule has 9 nitrogen and oxygen atoms in total. The highest BCUT2D eigenvalue weighted by atomic mass is 16.6. The summed E-state index contributed by atoms with van der Waals surface area (Å²) in [6.07, 6.45) is 4.91. The SMILES string of the molecule is CC(NC(=O)OC(C)(C)C)C(N)=O.N#Cc1nccnc1N1CCCC1. The number of alkyl carbamates (subject to hydrolysis) is 1. The average Bonchev–Trinajstić information content (AvgIpc) is 3.07. The molecule has 1 saturated heterocycles. The van der Waals surface area contributed by atoms with E-state index < -0.39 is 23.6 Å². The van der Waals surface area contributed by atoms with Crippen LogP contribution in [0.3, 0.4) is 0 Å². The zero-order valence-electron chi connectivity index (χ0n) is 15.7. The minimum atomic E-state index is -0.713. The van der Waals surface area contributed by atoms with E-state index in [-0.39, 0.29) is 0 Å². The number of carbonyl (C=O) groups excluding carboxylic acids is 2. The molecule has 0 radical (unpaired) electrons. The Kier molecular flexibility index (Phi) is 7.77. The van der Waals surface area contributed by atoms with Gasteiger partial charge in [0, 0.05) is 25.5 Å². The number of rotatable bonds is 3. The number of nitriles is 1. The van der Waals surface area contributed by atoms with Crippen molar-refractivity contribution in [1.82, 2.24) is 15.3 Å². The Morgan fingerprint density at radius 3 is 2.38 bits per heavy atom. The minimum Gasteiger partial charge on any atom is -0.444 e. The maximum absolute atomic E-state index is 11.0. The Morgan fingerprint density at radius 1 is 1.31 bits per heavy atom. The lowest BCUT2D eigenvalue weighted by Crippen LogP contribution is -2.44. The number of nitrogens with one attached hydrogen (secondary N) is 1. The van der Waals surface area contributed by atoms with Crippen LogP contribution in [0.25, 0.3) is 0 Å². The highest BCUT2D eigenvalue weighted by Gasteiger charge is 2.19. The number of nitrogens with two attached hydrogens (primary N) is 1. The fraction of sp³-hybridized carbons (Fsp3) is 0.588. The van der Waals surface area contributed by atoms with Crippen LogP contribution in [0.4, 0.5) is 10.6 Å². The van der Waals surface area contributed by atoms with E-state index >= 15 is 0 Å². The molecule has 2 heterocycles. The van der Waals surface area contributed by atoms with Gasteiger partial charge >= 0.3 is 6.09 Å². The Hall–Kier alpha value is -2.89. The number of hydrogen-bond donors (Lipinski definition) is 2. The van der Waals surface area contributed by atoms with Crippen LogP contribution >= 0.6 is 0 Å². The number of amides is 2. The van der Waals surface area contributed by atoms with Crippen molar-refractivity contribution in [1.29, 1.82) is 5.26 Å². The first-order valence-corrected chi connectivity index (χ1v) is 8.39. The van der Waals surface area contributed by atoms with Gasteiger partial charge in [-0.05, 0) is 40.5 Å². The molecule has 1 aliphatic rings. The highest BCUT2D eigenvalue weighted by molar-refractivity contribution is 5.83.